The van der Waals surface area contributed by atoms with Crippen LogP contribution in [0.25, 0.3) is 0 Å². The van der Waals surface area contributed by atoms with Crippen molar-refractivity contribution in [2.75, 3.05) is 31.3 Å². The van der Waals surface area contributed by atoms with Crippen LogP contribution in [0.15, 0.2) is 55.4 Å². The number of aliphatic hydroxyl groups is 1. The zero-order valence-electron chi connectivity index (χ0n) is 23.1. The molecule has 206 valence electrons. The van der Waals surface area contributed by atoms with Gasteiger partial charge in [-0.15, -0.1) is 6.58 Å². The van der Waals surface area contributed by atoms with Crippen molar-refractivity contribution in [3.8, 4) is 0 Å². The molecule has 39 heavy (non-hydrogen) atoms. The van der Waals surface area contributed by atoms with Gasteiger partial charge in [0.1, 0.15) is 28.6 Å². The highest BCUT2D eigenvalue weighted by atomic mass is 16.3. The van der Waals surface area contributed by atoms with E-state index in [9.17, 15) is 9.90 Å². The number of hydrogen-bond acceptors (Lipinski definition) is 9. The van der Waals surface area contributed by atoms with Gasteiger partial charge in [-0.3, -0.25) is 4.79 Å². The molecule has 3 aromatic rings. The minimum absolute atomic E-state index is 0.245. The largest absolute Gasteiger partial charge is 0.384 e. The highest BCUT2D eigenvalue weighted by Crippen LogP contribution is 2.34. The summed E-state index contributed by atoms with van der Waals surface area (Å²) in [5, 5.41) is 19.4. The van der Waals surface area contributed by atoms with Crippen molar-refractivity contribution in [2.24, 2.45) is 0 Å². The fourth-order valence-corrected chi connectivity index (χ4v) is 4.69. The fraction of sp³-hybridized carbons (Fsp3) is 0.414. The third-order valence-corrected chi connectivity index (χ3v) is 6.99. The number of carbonyl (C=O) groups excluding carboxylic acids is 1. The lowest BCUT2D eigenvalue weighted by molar-refractivity contribution is 0.0740. The van der Waals surface area contributed by atoms with Crippen LogP contribution in [0, 0.1) is 0 Å². The van der Waals surface area contributed by atoms with E-state index >= 15 is 0 Å². The van der Waals surface area contributed by atoms with Gasteiger partial charge in [0, 0.05) is 25.0 Å². The van der Waals surface area contributed by atoms with Gasteiger partial charge in [-0.25, -0.2) is 15.0 Å². The van der Waals surface area contributed by atoms with Gasteiger partial charge in [-0.1, -0.05) is 18.2 Å². The molecule has 0 radical (unpaired) electrons. The predicted octanol–water partition coefficient (Wildman–Crippen LogP) is 4.48. The van der Waals surface area contributed by atoms with E-state index in [1.807, 2.05) is 12.3 Å². The van der Waals surface area contributed by atoms with Crippen molar-refractivity contribution in [1.82, 2.24) is 30.2 Å². The summed E-state index contributed by atoms with van der Waals surface area (Å²) in [6.07, 6.45) is 9.68. The van der Waals surface area contributed by atoms with Crippen LogP contribution in [0.5, 0.6) is 0 Å². The highest BCUT2D eigenvalue weighted by molar-refractivity contribution is 5.99. The number of aromatic nitrogens is 4. The van der Waals surface area contributed by atoms with E-state index in [0.29, 0.717) is 35.8 Å². The first kappa shape index (κ1) is 28.1. The molecule has 3 heterocycles. The summed E-state index contributed by atoms with van der Waals surface area (Å²) >= 11 is 0. The number of amides is 1. The first-order chi connectivity index (χ1) is 18.6. The maximum Gasteiger partial charge on any atom is 0.256 e. The highest BCUT2D eigenvalue weighted by Gasteiger charge is 2.24. The van der Waals surface area contributed by atoms with Gasteiger partial charge >= 0.3 is 0 Å². The summed E-state index contributed by atoms with van der Waals surface area (Å²) in [6, 6.07) is 9.95. The number of rotatable bonds is 10. The van der Waals surface area contributed by atoms with E-state index in [1.54, 1.807) is 38.1 Å². The lowest BCUT2D eigenvalue weighted by atomic mass is 9.82. The molecule has 3 aromatic heterocycles. The minimum Gasteiger partial charge on any atom is -0.384 e. The average Bonchev–Trinajstić information content (AvgIpc) is 2.92. The van der Waals surface area contributed by atoms with Crippen molar-refractivity contribution in [3.05, 3.63) is 72.2 Å². The smallest absolute Gasteiger partial charge is 0.256 e. The molecule has 0 atom stereocenters. The lowest BCUT2D eigenvalue weighted by Gasteiger charge is -2.32. The van der Waals surface area contributed by atoms with Crippen LogP contribution < -0.4 is 16.0 Å². The molecule has 1 saturated carbocycles. The van der Waals surface area contributed by atoms with Crippen LogP contribution in [0.1, 0.15) is 67.1 Å². The molecule has 10 heteroatoms. The molecule has 4 rings (SSSR count). The minimum atomic E-state index is -1.12. The molecule has 0 unspecified atom stereocenters. The Labute approximate surface area is 230 Å². The fourth-order valence-electron chi connectivity index (χ4n) is 4.69. The maximum atomic E-state index is 12.8. The van der Waals surface area contributed by atoms with E-state index < -0.39 is 5.60 Å². The third kappa shape index (κ3) is 7.36. The second kappa shape index (κ2) is 12.3. The topological polar surface area (TPSA) is 128 Å². The molecule has 0 saturated heterocycles. The Morgan fingerprint density at radius 1 is 1.05 bits per heavy atom. The van der Waals surface area contributed by atoms with Crippen molar-refractivity contribution in [3.63, 3.8) is 0 Å². The number of anilines is 4. The van der Waals surface area contributed by atoms with Gasteiger partial charge < -0.3 is 26.0 Å². The van der Waals surface area contributed by atoms with E-state index in [-0.39, 0.29) is 23.2 Å². The van der Waals surface area contributed by atoms with Crippen molar-refractivity contribution in [1.29, 1.82) is 0 Å². The number of hydrogen-bond donors (Lipinski definition) is 4. The first-order valence-corrected chi connectivity index (χ1v) is 13.3. The molecular formula is C29H38N8O2. The molecule has 0 aromatic carbocycles. The van der Waals surface area contributed by atoms with Crippen molar-refractivity contribution in [2.45, 2.75) is 57.1 Å². The van der Waals surface area contributed by atoms with Crippen molar-refractivity contribution < 1.29 is 9.90 Å². The first-order valence-electron chi connectivity index (χ1n) is 13.3. The van der Waals surface area contributed by atoms with Gasteiger partial charge in [0.25, 0.3) is 5.91 Å². The number of nitrogens with one attached hydrogen (secondary N) is 3. The quantitative estimate of drug-likeness (QED) is 0.280. The molecule has 1 fully saturated rings. The lowest BCUT2D eigenvalue weighted by Crippen LogP contribution is -2.31. The van der Waals surface area contributed by atoms with Gasteiger partial charge in [0.2, 0.25) is 5.95 Å². The molecule has 4 N–H and O–H groups in total. The molecule has 0 bridgehead atoms. The summed E-state index contributed by atoms with van der Waals surface area (Å²) in [5.41, 5.74) is 0.851. The van der Waals surface area contributed by atoms with Gasteiger partial charge in [-0.2, -0.15) is 4.98 Å². The molecule has 10 nitrogen and oxygen atoms in total. The van der Waals surface area contributed by atoms with Crippen LogP contribution in [0.3, 0.4) is 0 Å². The molecule has 0 spiro atoms. The Hall–Kier alpha value is -3.89. The maximum absolute atomic E-state index is 12.8. The summed E-state index contributed by atoms with van der Waals surface area (Å²) in [6.45, 7) is 7.26. The van der Waals surface area contributed by atoms with E-state index in [0.717, 1.165) is 12.8 Å². The summed E-state index contributed by atoms with van der Waals surface area (Å²) < 4.78 is 0. The van der Waals surface area contributed by atoms with E-state index in [4.69, 9.17) is 0 Å². The Morgan fingerprint density at radius 3 is 2.46 bits per heavy atom. The average molecular weight is 531 g/mol. The molecular weight excluding hydrogens is 492 g/mol. The molecule has 1 aliphatic rings. The zero-order chi connectivity index (χ0) is 28.0. The zero-order valence-corrected chi connectivity index (χ0v) is 23.1. The van der Waals surface area contributed by atoms with Gasteiger partial charge in [0.05, 0.1) is 5.69 Å². The van der Waals surface area contributed by atoms with Crippen LogP contribution in [0.4, 0.5) is 23.4 Å². The van der Waals surface area contributed by atoms with Crippen LogP contribution in [0.2, 0.25) is 0 Å². The van der Waals surface area contributed by atoms with E-state index in [2.05, 4.69) is 67.5 Å². The predicted molar refractivity (Wildman–Crippen MR) is 154 cm³/mol. The van der Waals surface area contributed by atoms with Crippen molar-refractivity contribution >= 4 is 29.3 Å². The SMILES string of the molecule is C=CCNC(=O)c1cnc(Nc2ccc(C3CCC(N(C)C)CC3)cn2)nc1Nc1cccc(C(C)(C)O)n1. The van der Waals surface area contributed by atoms with Crippen LogP contribution >= 0.6 is 0 Å². The van der Waals surface area contributed by atoms with E-state index in [1.165, 1.54) is 24.6 Å². The summed E-state index contributed by atoms with van der Waals surface area (Å²) in [4.78, 5) is 33.1. The second-order valence-electron chi connectivity index (χ2n) is 10.6. The third-order valence-electron chi connectivity index (χ3n) is 6.99. The molecule has 1 aliphatic carbocycles. The second-order valence-corrected chi connectivity index (χ2v) is 10.6. The van der Waals surface area contributed by atoms with Crippen LogP contribution in [-0.2, 0) is 5.60 Å². The van der Waals surface area contributed by atoms with Crippen LogP contribution in [-0.4, -0.2) is 62.5 Å². The molecule has 1 amide bonds. The summed E-state index contributed by atoms with van der Waals surface area (Å²) in [5.74, 6) is 1.76. The van der Waals surface area contributed by atoms with Gasteiger partial charge in [0.15, 0.2) is 0 Å². The standard InChI is InChI=1S/C29H38N8O2/c1-6-16-30-27(38)22-18-32-28(36-26(22)34-25-9-7-8-23(33-25)29(2,3)39)35-24-15-12-20(17-31-24)19-10-13-21(14-11-19)37(4)5/h6-9,12,15,17-19,21,39H,1,10-11,13-14,16H2,2-5H3,(H,30,38)(H2,31,32,33,34,35,36). The Kier molecular flexibility index (Phi) is 8.88. The summed E-state index contributed by atoms with van der Waals surface area (Å²) in [7, 11) is 4.30. The Bertz CT molecular complexity index is 1280. The number of carbonyl (C=O) groups is 1. The monoisotopic (exact) mass is 530 g/mol. The Balaban J connectivity index is 1.52. The number of pyridine rings is 2. The molecule has 0 aliphatic heterocycles. The Morgan fingerprint density at radius 2 is 1.82 bits per heavy atom. The van der Waals surface area contributed by atoms with Gasteiger partial charge in [-0.05, 0) is 83.3 Å². The normalized spacial score (nSPS) is 17.5. The number of nitrogens with zero attached hydrogens (tertiary/aromatic N) is 5.